The lowest BCUT2D eigenvalue weighted by atomic mass is 10.8. The van der Waals surface area contributed by atoms with Gasteiger partial charge in [0.2, 0.25) is 0 Å². The summed E-state index contributed by atoms with van der Waals surface area (Å²) >= 11 is 3.25. The largest absolute Gasteiger partial charge is 0.465 e. The highest BCUT2D eigenvalue weighted by Gasteiger charge is 2.36. The van der Waals surface area contributed by atoms with E-state index in [1.54, 1.807) is 0 Å². The molecule has 0 aliphatic heterocycles. The first-order valence-corrected chi connectivity index (χ1v) is 1.63. The molecule has 5 heteroatoms. The second-order valence-corrected chi connectivity index (χ2v) is 1.16. The summed E-state index contributed by atoms with van der Waals surface area (Å²) in [5.74, 6) is 0. The molecule has 0 unspecified atom stereocenters. The third kappa shape index (κ3) is 2.38. The van der Waals surface area contributed by atoms with Crippen molar-refractivity contribution >= 4 is 17.7 Å². The van der Waals surface area contributed by atoms with Crippen LogP contribution in [0.3, 0.4) is 0 Å². The Kier molecular flexibility index (Phi) is 1.58. The normalized spacial score (nSPS) is 11.3. The van der Waals surface area contributed by atoms with Gasteiger partial charge in [0.05, 0.1) is 0 Å². The van der Waals surface area contributed by atoms with E-state index >= 15 is 0 Å². The van der Waals surface area contributed by atoms with Gasteiger partial charge in [0.1, 0.15) is 0 Å². The molecule has 0 aromatic rings. The van der Waals surface area contributed by atoms with Gasteiger partial charge in [-0.1, -0.05) is 0 Å². The van der Waals surface area contributed by atoms with Gasteiger partial charge in [0, 0.05) is 0 Å². The number of halogens is 3. The van der Waals surface area contributed by atoms with Crippen molar-refractivity contribution in [2.24, 2.45) is 0 Å². The van der Waals surface area contributed by atoms with Crippen LogP contribution in [0, 0.1) is 0 Å². The predicted octanol–water partition coefficient (Wildman–Crippen LogP) is 1.27. The predicted molar refractivity (Wildman–Crippen MR) is 18.7 cm³/mol. The zero-order valence-corrected chi connectivity index (χ0v) is 3.77. The first-order chi connectivity index (χ1) is 2.94. The van der Waals surface area contributed by atoms with Crippen molar-refractivity contribution in [3.05, 3.63) is 0 Å². The second kappa shape index (κ2) is 1.65. The molecule has 0 rings (SSSR count). The van der Waals surface area contributed by atoms with E-state index in [0.717, 1.165) is 0 Å². The second-order valence-electron chi connectivity index (χ2n) is 0.785. The van der Waals surface area contributed by atoms with Crippen molar-refractivity contribution in [3.8, 4) is 0 Å². The van der Waals surface area contributed by atoms with Crippen LogP contribution in [-0.4, -0.2) is 11.3 Å². The van der Waals surface area contributed by atoms with Crippen LogP contribution >= 0.6 is 12.6 Å². The SMILES string of the molecule is O=C([S])C(F)(F)F. The summed E-state index contributed by atoms with van der Waals surface area (Å²) in [6, 6.07) is 0. The van der Waals surface area contributed by atoms with Crippen LogP contribution < -0.4 is 0 Å². The van der Waals surface area contributed by atoms with E-state index < -0.39 is 11.3 Å². The van der Waals surface area contributed by atoms with Gasteiger partial charge in [-0.3, -0.25) is 4.79 Å². The first-order valence-electron chi connectivity index (χ1n) is 1.23. The molecule has 0 spiro atoms. The van der Waals surface area contributed by atoms with Gasteiger partial charge in [-0.25, -0.2) is 0 Å². The molecular weight excluding hydrogens is 129 g/mol. The number of rotatable bonds is 0. The summed E-state index contributed by atoms with van der Waals surface area (Å²) in [5, 5.41) is -2.17. The fourth-order valence-corrected chi connectivity index (χ4v) is 0. The Balaban J connectivity index is 3.79. The van der Waals surface area contributed by atoms with Gasteiger partial charge >= 0.3 is 11.3 Å². The third-order valence-electron chi connectivity index (χ3n) is 0.231. The van der Waals surface area contributed by atoms with E-state index in [1.165, 1.54) is 0 Å². The van der Waals surface area contributed by atoms with Gasteiger partial charge in [0.15, 0.2) is 0 Å². The van der Waals surface area contributed by atoms with Crippen LogP contribution in [-0.2, 0) is 4.79 Å². The lowest BCUT2D eigenvalue weighted by molar-refractivity contribution is -0.160. The van der Waals surface area contributed by atoms with Crippen molar-refractivity contribution in [1.29, 1.82) is 0 Å². The van der Waals surface area contributed by atoms with Crippen molar-refractivity contribution in [2.75, 3.05) is 0 Å². The average Bonchev–Trinajstić information content (AvgIpc) is 1.31. The van der Waals surface area contributed by atoms with Gasteiger partial charge in [-0.2, -0.15) is 13.2 Å². The van der Waals surface area contributed by atoms with E-state index in [9.17, 15) is 13.2 Å². The van der Waals surface area contributed by atoms with Crippen LogP contribution in [0.2, 0.25) is 0 Å². The van der Waals surface area contributed by atoms with Crippen LogP contribution in [0.15, 0.2) is 0 Å². The molecule has 0 aliphatic rings. The Morgan fingerprint density at radius 2 is 1.57 bits per heavy atom. The fraction of sp³-hybridized carbons (Fsp3) is 0.500. The maximum absolute atomic E-state index is 10.7. The summed E-state index contributed by atoms with van der Waals surface area (Å²) in [6.45, 7) is 0. The first kappa shape index (κ1) is 6.68. The van der Waals surface area contributed by atoms with E-state index in [1.807, 2.05) is 0 Å². The van der Waals surface area contributed by atoms with E-state index in [0.29, 0.717) is 0 Å². The molecule has 0 fully saturated rings. The topological polar surface area (TPSA) is 17.1 Å². The zero-order chi connectivity index (χ0) is 6.08. The maximum atomic E-state index is 10.7. The molecule has 41 valence electrons. The van der Waals surface area contributed by atoms with Gasteiger partial charge in [-0.05, 0) is 12.6 Å². The van der Waals surface area contributed by atoms with Crippen molar-refractivity contribution in [3.63, 3.8) is 0 Å². The zero-order valence-electron chi connectivity index (χ0n) is 2.95. The monoisotopic (exact) mass is 129 g/mol. The Morgan fingerprint density at radius 1 is 1.43 bits per heavy atom. The van der Waals surface area contributed by atoms with Crippen molar-refractivity contribution in [1.82, 2.24) is 0 Å². The molecule has 0 aromatic heterocycles. The molecule has 0 saturated carbocycles. The minimum atomic E-state index is -4.82. The third-order valence-corrected chi connectivity index (χ3v) is 0.463. The highest BCUT2D eigenvalue weighted by atomic mass is 32.1. The molecule has 0 bridgehead atoms. The van der Waals surface area contributed by atoms with Gasteiger partial charge in [-0.15, -0.1) is 0 Å². The minimum absolute atomic E-state index is 2.17. The quantitative estimate of drug-likeness (QED) is 0.481. The molecule has 0 aliphatic carbocycles. The van der Waals surface area contributed by atoms with Crippen LogP contribution in [0.25, 0.3) is 0 Å². The van der Waals surface area contributed by atoms with Crippen LogP contribution in [0.5, 0.6) is 0 Å². The summed E-state index contributed by atoms with van der Waals surface area (Å²) in [4.78, 5) is 9.16. The Bertz CT molecular complexity index is 85.4. The van der Waals surface area contributed by atoms with Crippen LogP contribution in [0.4, 0.5) is 13.2 Å². The fourth-order valence-electron chi connectivity index (χ4n) is 0. The number of alkyl halides is 3. The standard InChI is InChI=1S/C2F3OS/c3-2(4,5)1(6)7. The van der Waals surface area contributed by atoms with E-state index in [-0.39, 0.29) is 0 Å². The maximum Gasteiger partial charge on any atom is 0.465 e. The summed E-state index contributed by atoms with van der Waals surface area (Å²) in [7, 11) is 0. The molecule has 0 atom stereocenters. The lowest BCUT2D eigenvalue weighted by Gasteiger charge is -1.93. The minimum Gasteiger partial charge on any atom is -0.272 e. The molecule has 0 heterocycles. The molecule has 1 radical (unpaired) electrons. The molecule has 7 heavy (non-hydrogen) atoms. The number of hydrogen-bond acceptors (Lipinski definition) is 1. The van der Waals surface area contributed by atoms with Crippen LogP contribution in [0.1, 0.15) is 0 Å². The van der Waals surface area contributed by atoms with E-state index in [4.69, 9.17) is 4.79 Å². The Hall–Kier alpha value is -0.320. The number of hydrogen-bond donors (Lipinski definition) is 0. The Morgan fingerprint density at radius 3 is 1.57 bits per heavy atom. The Labute approximate surface area is 42.9 Å². The molecule has 1 nitrogen and oxygen atoms in total. The molecular formula is C2F3OS. The number of carbonyl (C=O) groups is 1. The smallest absolute Gasteiger partial charge is 0.272 e. The summed E-state index contributed by atoms with van der Waals surface area (Å²) in [5.41, 5.74) is 0. The molecule has 0 N–H and O–H groups in total. The molecule has 0 saturated heterocycles. The van der Waals surface area contributed by atoms with Gasteiger partial charge < -0.3 is 0 Å². The highest BCUT2D eigenvalue weighted by molar-refractivity contribution is 7.96. The van der Waals surface area contributed by atoms with Crippen molar-refractivity contribution < 1.29 is 18.0 Å². The lowest BCUT2D eigenvalue weighted by Crippen LogP contribution is -2.15. The van der Waals surface area contributed by atoms with Crippen molar-refractivity contribution in [2.45, 2.75) is 6.18 Å². The highest BCUT2D eigenvalue weighted by Crippen LogP contribution is 2.16. The summed E-state index contributed by atoms with van der Waals surface area (Å²) in [6.07, 6.45) is -4.82. The number of carbonyl (C=O) groups excluding carboxylic acids is 1. The molecule has 0 amide bonds. The van der Waals surface area contributed by atoms with E-state index in [2.05, 4.69) is 12.6 Å². The van der Waals surface area contributed by atoms with Gasteiger partial charge in [0.25, 0.3) is 0 Å². The molecule has 0 aromatic carbocycles. The summed E-state index contributed by atoms with van der Waals surface area (Å²) < 4.78 is 32.2. The average molecular weight is 129 g/mol.